The molecular formula is C53H96O6. The topological polar surface area (TPSA) is 78.9 Å². The zero-order valence-corrected chi connectivity index (χ0v) is 39.3. The van der Waals surface area contributed by atoms with Gasteiger partial charge >= 0.3 is 17.9 Å². The molecule has 0 saturated heterocycles. The van der Waals surface area contributed by atoms with E-state index < -0.39 is 6.10 Å². The molecule has 0 aromatic rings. The van der Waals surface area contributed by atoms with Gasteiger partial charge in [0.2, 0.25) is 0 Å². The molecule has 0 aliphatic heterocycles. The first kappa shape index (κ1) is 56.6. The summed E-state index contributed by atoms with van der Waals surface area (Å²) in [6, 6.07) is 0. The zero-order chi connectivity index (χ0) is 43.0. The van der Waals surface area contributed by atoms with Crippen LogP contribution in [0.15, 0.2) is 36.5 Å². The van der Waals surface area contributed by atoms with E-state index in [2.05, 4.69) is 57.2 Å². The van der Waals surface area contributed by atoms with Gasteiger partial charge in [-0.05, 0) is 77.0 Å². The van der Waals surface area contributed by atoms with Gasteiger partial charge in [0.05, 0.1) is 0 Å². The fourth-order valence-electron chi connectivity index (χ4n) is 7.23. The van der Waals surface area contributed by atoms with Crippen molar-refractivity contribution in [2.45, 2.75) is 271 Å². The average molecular weight is 829 g/mol. The number of ether oxygens (including phenoxy) is 3. The summed E-state index contributed by atoms with van der Waals surface area (Å²) < 4.78 is 16.7. The second-order valence-electron chi connectivity index (χ2n) is 17.1. The molecule has 0 N–H and O–H groups in total. The van der Waals surface area contributed by atoms with Gasteiger partial charge in [0.25, 0.3) is 0 Å². The van der Waals surface area contributed by atoms with E-state index in [0.29, 0.717) is 19.3 Å². The zero-order valence-electron chi connectivity index (χ0n) is 39.3. The van der Waals surface area contributed by atoms with Crippen LogP contribution in [0.25, 0.3) is 0 Å². The van der Waals surface area contributed by atoms with Crippen molar-refractivity contribution in [3.8, 4) is 0 Å². The summed E-state index contributed by atoms with van der Waals surface area (Å²) >= 11 is 0. The molecule has 0 radical (unpaired) electrons. The van der Waals surface area contributed by atoms with Crippen molar-refractivity contribution in [3.63, 3.8) is 0 Å². The van der Waals surface area contributed by atoms with Gasteiger partial charge in [0.1, 0.15) is 13.2 Å². The van der Waals surface area contributed by atoms with Crippen LogP contribution in [-0.2, 0) is 28.6 Å². The largest absolute Gasteiger partial charge is 0.462 e. The van der Waals surface area contributed by atoms with E-state index in [-0.39, 0.29) is 31.1 Å². The summed E-state index contributed by atoms with van der Waals surface area (Å²) in [6.07, 6.45) is 55.6. The summed E-state index contributed by atoms with van der Waals surface area (Å²) in [7, 11) is 0. The standard InChI is InChI=1S/C53H96O6/c1-4-7-10-13-16-19-21-23-25-27-29-30-32-34-37-40-43-46-52(55)58-49-50(48-57-51(54)45-42-39-36-18-15-12-9-6-3)59-53(56)47-44-41-38-35-33-31-28-26-24-22-20-17-14-11-8-5-2/h16,19,23,25-26,28,50H,4-15,17-18,20-22,24,27,29-49H2,1-3H3/b19-16-,25-23-,28-26-. The van der Waals surface area contributed by atoms with Crippen LogP contribution in [0.3, 0.4) is 0 Å². The fraction of sp³-hybridized carbons (Fsp3) is 0.830. The molecule has 6 nitrogen and oxygen atoms in total. The molecule has 59 heavy (non-hydrogen) atoms. The number of carbonyl (C=O) groups is 3. The molecule has 0 aromatic carbocycles. The van der Waals surface area contributed by atoms with Gasteiger partial charge in [0.15, 0.2) is 6.10 Å². The Hall–Kier alpha value is -2.37. The lowest BCUT2D eigenvalue weighted by atomic mass is 10.1. The number of hydrogen-bond acceptors (Lipinski definition) is 6. The average Bonchev–Trinajstić information content (AvgIpc) is 3.23. The number of carbonyl (C=O) groups excluding carboxylic acids is 3. The van der Waals surface area contributed by atoms with Crippen LogP contribution < -0.4 is 0 Å². The highest BCUT2D eigenvalue weighted by molar-refractivity contribution is 5.71. The minimum absolute atomic E-state index is 0.0761. The first-order chi connectivity index (χ1) is 29.0. The van der Waals surface area contributed by atoms with Crippen LogP contribution in [0, 0.1) is 0 Å². The number of hydrogen-bond donors (Lipinski definition) is 0. The van der Waals surface area contributed by atoms with Gasteiger partial charge in [0, 0.05) is 19.3 Å². The van der Waals surface area contributed by atoms with E-state index in [1.807, 2.05) is 0 Å². The third-order valence-corrected chi connectivity index (χ3v) is 11.1. The van der Waals surface area contributed by atoms with E-state index in [9.17, 15) is 14.4 Å². The van der Waals surface area contributed by atoms with Crippen molar-refractivity contribution < 1.29 is 28.6 Å². The van der Waals surface area contributed by atoms with Crippen LogP contribution in [0.4, 0.5) is 0 Å². The van der Waals surface area contributed by atoms with Crippen LogP contribution in [-0.4, -0.2) is 37.2 Å². The van der Waals surface area contributed by atoms with Crippen molar-refractivity contribution >= 4 is 17.9 Å². The van der Waals surface area contributed by atoms with Crippen molar-refractivity contribution in [3.05, 3.63) is 36.5 Å². The Morgan fingerprint density at radius 3 is 0.983 bits per heavy atom. The molecule has 1 unspecified atom stereocenters. The van der Waals surface area contributed by atoms with Crippen molar-refractivity contribution in [2.24, 2.45) is 0 Å². The third-order valence-electron chi connectivity index (χ3n) is 11.1. The molecule has 344 valence electrons. The molecule has 0 heterocycles. The lowest BCUT2D eigenvalue weighted by Gasteiger charge is -2.18. The fourth-order valence-corrected chi connectivity index (χ4v) is 7.23. The molecule has 1 atom stereocenters. The maximum absolute atomic E-state index is 12.8. The number of allylic oxidation sites excluding steroid dienone is 6. The maximum atomic E-state index is 12.8. The van der Waals surface area contributed by atoms with Gasteiger partial charge in [-0.3, -0.25) is 14.4 Å². The van der Waals surface area contributed by atoms with Crippen LogP contribution >= 0.6 is 0 Å². The van der Waals surface area contributed by atoms with Crippen LogP contribution in [0.2, 0.25) is 0 Å². The normalized spacial score (nSPS) is 12.3. The SMILES string of the molecule is CCCCC/C=C\C/C=C\CCCCCCCCCC(=O)OCC(COC(=O)CCCCCCCCCC)OC(=O)CCCCCCC/C=C\CCCCCCCCC. The van der Waals surface area contributed by atoms with Gasteiger partial charge in [-0.1, -0.05) is 205 Å². The second kappa shape index (κ2) is 48.3. The van der Waals surface area contributed by atoms with E-state index in [4.69, 9.17) is 14.2 Å². The smallest absolute Gasteiger partial charge is 0.306 e. The third kappa shape index (κ3) is 46.5. The first-order valence-corrected chi connectivity index (χ1v) is 25.5. The lowest BCUT2D eigenvalue weighted by Crippen LogP contribution is -2.30. The summed E-state index contributed by atoms with van der Waals surface area (Å²) in [6.45, 7) is 6.58. The van der Waals surface area contributed by atoms with E-state index in [0.717, 1.165) is 77.0 Å². The predicted octanol–water partition coefficient (Wildman–Crippen LogP) is 16.5. The number of unbranched alkanes of at least 4 members (excludes halogenated alkanes) is 29. The quantitative estimate of drug-likeness (QED) is 0.0263. The highest BCUT2D eigenvalue weighted by Gasteiger charge is 2.19. The van der Waals surface area contributed by atoms with Crippen LogP contribution in [0.1, 0.15) is 265 Å². The summed E-state index contributed by atoms with van der Waals surface area (Å²) in [5, 5.41) is 0. The molecule has 0 bridgehead atoms. The molecular weight excluding hydrogens is 733 g/mol. The Balaban J connectivity index is 4.30. The Labute approximate surface area is 365 Å². The van der Waals surface area contributed by atoms with Gasteiger partial charge in [-0.15, -0.1) is 0 Å². The monoisotopic (exact) mass is 829 g/mol. The number of rotatable bonds is 46. The van der Waals surface area contributed by atoms with Crippen molar-refractivity contribution in [1.29, 1.82) is 0 Å². The van der Waals surface area contributed by atoms with Crippen molar-refractivity contribution in [2.75, 3.05) is 13.2 Å². The molecule has 0 rings (SSSR count). The van der Waals surface area contributed by atoms with E-state index >= 15 is 0 Å². The molecule has 0 saturated carbocycles. The Morgan fingerprint density at radius 1 is 0.339 bits per heavy atom. The predicted molar refractivity (Wildman–Crippen MR) is 252 cm³/mol. The molecule has 0 aromatic heterocycles. The van der Waals surface area contributed by atoms with E-state index in [1.165, 1.54) is 148 Å². The Kier molecular flexibility index (Phi) is 46.4. The molecule has 0 amide bonds. The summed E-state index contributed by atoms with van der Waals surface area (Å²) in [5.41, 5.74) is 0. The van der Waals surface area contributed by atoms with Gasteiger partial charge in [-0.2, -0.15) is 0 Å². The second-order valence-corrected chi connectivity index (χ2v) is 17.1. The first-order valence-electron chi connectivity index (χ1n) is 25.5. The van der Waals surface area contributed by atoms with Crippen LogP contribution in [0.5, 0.6) is 0 Å². The summed E-state index contributed by atoms with van der Waals surface area (Å²) in [4.78, 5) is 37.8. The number of esters is 3. The lowest BCUT2D eigenvalue weighted by molar-refractivity contribution is -0.167. The molecule has 0 aliphatic carbocycles. The molecule has 0 fully saturated rings. The Bertz CT molecular complexity index is 1000. The molecule has 0 spiro atoms. The highest BCUT2D eigenvalue weighted by atomic mass is 16.6. The molecule has 0 aliphatic rings. The van der Waals surface area contributed by atoms with E-state index in [1.54, 1.807) is 0 Å². The van der Waals surface area contributed by atoms with Gasteiger partial charge in [-0.25, -0.2) is 0 Å². The summed E-state index contributed by atoms with van der Waals surface area (Å²) in [5.74, 6) is -0.889. The highest BCUT2D eigenvalue weighted by Crippen LogP contribution is 2.14. The molecule has 6 heteroatoms. The van der Waals surface area contributed by atoms with Crippen molar-refractivity contribution in [1.82, 2.24) is 0 Å². The van der Waals surface area contributed by atoms with Gasteiger partial charge < -0.3 is 14.2 Å². The minimum Gasteiger partial charge on any atom is -0.462 e. The maximum Gasteiger partial charge on any atom is 0.306 e. The minimum atomic E-state index is -0.774. The Morgan fingerprint density at radius 2 is 0.610 bits per heavy atom.